The Hall–Kier alpha value is -3.22. The minimum Gasteiger partial charge on any atom is -0.494 e. The third-order valence-corrected chi connectivity index (χ3v) is 3.61. The summed E-state index contributed by atoms with van der Waals surface area (Å²) in [6.45, 7) is 2.65. The maximum atomic E-state index is 12.9. The van der Waals surface area contributed by atoms with E-state index in [1.54, 1.807) is 12.1 Å². The molecule has 0 saturated carbocycles. The zero-order valence-electron chi connectivity index (χ0n) is 14.2. The Morgan fingerprint density at radius 2 is 1.88 bits per heavy atom. The third-order valence-electron chi connectivity index (χ3n) is 3.61. The zero-order valence-corrected chi connectivity index (χ0v) is 14.2. The Kier molecular flexibility index (Phi) is 5.58. The van der Waals surface area contributed by atoms with Crippen molar-refractivity contribution in [3.8, 4) is 17.1 Å². The second-order valence-electron chi connectivity index (χ2n) is 5.55. The first-order valence-corrected chi connectivity index (χ1v) is 8.21. The van der Waals surface area contributed by atoms with Gasteiger partial charge in [0.2, 0.25) is 17.6 Å². The number of ether oxygens (including phenoxy) is 1. The lowest BCUT2D eigenvalue weighted by Crippen LogP contribution is -2.24. The molecule has 2 aromatic carbocycles. The molecule has 1 amide bonds. The summed E-state index contributed by atoms with van der Waals surface area (Å²) in [4.78, 5) is 16.2. The lowest BCUT2D eigenvalue weighted by Gasteiger charge is -2.05. The van der Waals surface area contributed by atoms with Crippen molar-refractivity contribution < 1.29 is 18.4 Å². The molecule has 26 heavy (non-hydrogen) atoms. The molecule has 7 heteroatoms. The Bertz CT molecular complexity index is 860. The number of halogens is 1. The Labute approximate surface area is 150 Å². The number of hydrogen-bond donors (Lipinski definition) is 1. The quantitative estimate of drug-likeness (QED) is 0.704. The molecule has 0 aliphatic carbocycles. The Balaban J connectivity index is 1.52. The Morgan fingerprint density at radius 3 is 2.58 bits per heavy atom. The Morgan fingerprint density at radius 1 is 1.15 bits per heavy atom. The highest BCUT2D eigenvalue weighted by atomic mass is 19.1. The number of benzene rings is 2. The molecule has 1 N–H and O–H groups in total. The molecule has 0 radical (unpaired) electrons. The molecular weight excluding hydrogens is 337 g/mol. The van der Waals surface area contributed by atoms with Crippen molar-refractivity contribution in [1.82, 2.24) is 15.5 Å². The number of aromatic nitrogens is 2. The number of rotatable bonds is 7. The van der Waals surface area contributed by atoms with Gasteiger partial charge in [0.15, 0.2) is 0 Å². The highest BCUT2D eigenvalue weighted by Crippen LogP contribution is 2.16. The molecule has 0 atom stereocenters. The molecule has 3 rings (SSSR count). The van der Waals surface area contributed by atoms with Gasteiger partial charge in [-0.3, -0.25) is 4.79 Å². The highest BCUT2D eigenvalue weighted by molar-refractivity contribution is 5.78. The van der Waals surface area contributed by atoms with Gasteiger partial charge in [-0.05, 0) is 48.9 Å². The second-order valence-corrected chi connectivity index (χ2v) is 5.55. The molecule has 0 unspecified atom stereocenters. The second kappa shape index (κ2) is 8.24. The lowest BCUT2D eigenvalue weighted by atomic mass is 10.1. The fraction of sp³-hybridized carbons (Fsp3) is 0.211. The zero-order chi connectivity index (χ0) is 18.4. The van der Waals surface area contributed by atoms with Gasteiger partial charge < -0.3 is 14.6 Å². The molecule has 0 spiro atoms. The minimum absolute atomic E-state index is 0.129. The van der Waals surface area contributed by atoms with Crippen LogP contribution in [-0.2, 0) is 17.8 Å². The number of hydrogen-bond acceptors (Lipinski definition) is 5. The van der Waals surface area contributed by atoms with Crippen LogP contribution >= 0.6 is 0 Å². The molecule has 0 bridgehead atoms. The lowest BCUT2D eigenvalue weighted by molar-refractivity contribution is -0.120. The summed E-state index contributed by atoms with van der Waals surface area (Å²) >= 11 is 0. The van der Waals surface area contributed by atoms with E-state index in [0.29, 0.717) is 18.0 Å². The summed E-state index contributed by atoms with van der Waals surface area (Å²) in [6.07, 6.45) is 0.241. The van der Waals surface area contributed by atoms with Crippen molar-refractivity contribution in [2.75, 3.05) is 6.61 Å². The molecule has 0 aliphatic rings. The van der Waals surface area contributed by atoms with Crippen molar-refractivity contribution in [3.05, 3.63) is 65.8 Å². The van der Waals surface area contributed by atoms with Gasteiger partial charge in [0, 0.05) is 5.56 Å². The topological polar surface area (TPSA) is 77.2 Å². The van der Waals surface area contributed by atoms with Crippen LogP contribution in [0.25, 0.3) is 11.4 Å². The van der Waals surface area contributed by atoms with Crippen LogP contribution in [0.3, 0.4) is 0 Å². The largest absolute Gasteiger partial charge is 0.494 e. The maximum absolute atomic E-state index is 12.9. The predicted molar refractivity (Wildman–Crippen MR) is 92.9 cm³/mol. The number of carbonyl (C=O) groups excluding carboxylic acids is 1. The van der Waals surface area contributed by atoms with Crippen molar-refractivity contribution in [2.45, 2.75) is 19.9 Å². The van der Waals surface area contributed by atoms with E-state index >= 15 is 0 Å². The molecule has 1 aromatic heterocycles. The van der Waals surface area contributed by atoms with Crippen LogP contribution in [0.4, 0.5) is 4.39 Å². The fourth-order valence-corrected chi connectivity index (χ4v) is 2.34. The first-order valence-electron chi connectivity index (χ1n) is 8.21. The van der Waals surface area contributed by atoms with Gasteiger partial charge in [-0.15, -0.1) is 0 Å². The predicted octanol–water partition coefficient (Wildman–Crippen LogP) is 3.13. The van der Waals surface area contributed by atoms with Gasteiger partial charge in [-0.25, -0.2) is 4.39 Å². The van der Waals surface area contributed by atoms with Crippen LogP contribution in [0.15, 0.2) is 53.1 Å². The number of nitrogens with zero attached hydrogens (tertiary/aromatic N) is 2. The standard InChI is InChI=1S/C19H18FN3O3/c1-2-25-16-9-3-13(4-10-16)11-17(24)21-12-18-22-19(23-26-18)14-5-7-15(20)8-6-14/h3-10H,2,11-12H2,1H3,(H,21,24). The highest BCUT2D eigenvalue weighted by Gasteiger charge is 2.10. The van der Waals surface area contributed by atoms with E-state index in [1.165, 1.54) is 12.1 Å². The van der Waals surface area contributed by atoms with E-state index in [4.69, 9.17) is 9.26 Å². The van der Waals surface area contributed by atoms with Crippen LogP contribution in [0.2, 0.25) is 0 Å². The molecule has 0 fully saturated rings. The van der Waals surface area contributed by atoms with Gasteiger partial charge in [-0.2, -0.15) is 4.98 Å². The van der Waals surface area contributed by atoms with Gasteiger partial charge >= 0.3 is 0 Å². The number of amides is 1. The normalized spacial score (nSPS) is 10.5. The first kappa shape index (κ1) is 17.6. The van der Waals surface area contributed by atoms with E-state index in [2.05, 4.69) is 15.5 Å². The minimum atomic E-state index is -0.334. The average molecular weight is 355 g/mol. The number of carbonyl (C=O) groups is 1. The smallest absolute Gasteiger partial charge is 0.246 e. The average Bonchev–Trinajstić information content (AvgIpc) is 3.11. The fourth-order valence-electron chi connectivity index (χ4n) is 2.34. The van der Waals surface area contributed by atoms with Gasteiger partial charge in [0.05, 0.1) is 19.6 Å². The van der Waals surface area contributed by atoms with Gasteiger partial charge in [0.25, 0.3) is 0 Å². The van der Waals surface area contributed by atoms with E-state index in [9.17, 15) is 9.18 Å². The number of nitrogens with one attached hydrogen (secondary N) is 1. The molecular formula is C19H18FN3O3. The molecule has 0 saturated heterocycles. The van der Waals surface area contributed by atoms with E-state index in [-0.39, 0.29) is 30.6 Å². The maximum Gasteiger partial charge on any atom is 0.246 e. The third kappa shape index (κ3) is 4.66. The van der Waals surface area contributed by atoms with E-state index in [1.807, 2.05) is 31.2 Å². The molecule has 1 heterocycles. The summed E-state index contributed by atoms with van der Waals surface area (Å²) in [5, 5.41) is 6.57. The van der Waals surface area contributed by atoms with Crippen molar-refractivity contribution in [2.24, 2.45) is 0 Å². The van der Waals surface area contributed by atoms with Crippen LogP contribution in [0.5, 0.6) is 5.75 Å². The van der Waals surface area contributed by atoms with Crippen LogP contribution < -0.4 is 10.1 Å². The van der Waals surface area contributed by atoms with Crippen LogP contribution in [0, 0.1) is 5.82 Å². The van der Waals surface area contributed by atoms with Crippen molar-refractivity contribution in [1.29, 1.82) is 0 Å². The van der Waals surface area contributed by atoms with Gasteiger partial charge in [0.1, 0.15) is 11.6 Å². The van der Waals surface area contributed by atoms with Gasteiger partial charge in [-0.1, -0.05) is 17.3 Å². The summed E-state index contributed by atoms with van der Waals surface area (Å²) < 4.78 is 23.4. The summed E-state index contributed by atoms with van der Waals surface area (Å²) in [5.74, 6) is 0.913. The summed E-state index contributed by atoms with van der Waals surface area (Å²) in [6, 6.07) is 13.1. The molecule has 134 valence electrons. The van der Waals surface area contributed by atoms with Crippen molar-refractivity contribution in [3.63, 3.8) is 0 Å². The SMILES string of the molecule is CCOc1ccc(CC(=O)NCc2nc(-c3ccc(F)cc3)no2)cc1. The monoisotopic (exact) mass is 355 g/mol. The van der Waals surface area contributed by atoms with Crippen molar-refractivity contribution >= 4 is 5.91 Å². The van der Waals surface area contributed by atoms with Crippen LogP contribution in [-0.4, -0.2) is 22.7 Å². The van der Waals surface area contributed by atoms with E-state index < -0.39 is 0 Å². The van der Waals surface area contributed by atoms with Crippen LogP contribution in [0.1, 0.15) is 18.4 Å². The molecule has 6 nitrogen and oxygen atoms in total. The molecule has 0 aliphatic heterocycles. The molecule has 3 aromatic rings. The summed E-state index contributed by atoms with van der Waals surface area (Å²) in [7, 11) is 0. The summed E-state index contributed by atoms with van der Waals surface area (Å²) in [5.41, 5.74) is 1.52. The van der Waals surface area contributed by atoms with E-state index in [0.717, 1.165) is 11.3 Å². The first-order chi connectivity index (χ1) is 12.6.